The molecule has 0 amide bonds. The Morgan fingerprint density at radius 3 is 3.00 bits per heavy atom. The summed E-state index contributed by atoms with van der Waals surface area (Å²) in [6.07, 6.45) is 0. The number of thioether (sulfide) groups is 1. The van der Waals surface area contributed by atoms with E-state index < -0.39 is 0 Å². The molecule has 19 heavy (non-hydrogen) atoms. The second kappa shape index (κ2) is 6.72. The fraction of sp³-hybridized carbons (Fsp3) is 0.250. The zero-order chi connectivity index (χ0) is 13.7. The van der Waals surface area contributed by atoms with Crippen LogP contribution in [0.3, 0.4) is 0 Å². The number of halogens is 1. The number of aromatic nitrogens is 4. The Hall–Kier alpha value is -1.34. The van der Waals surface area contributed by atoms with Gasteiger partial charge in [-0.05, 0) is 34.0 Å². The maximum absolute atomic E-state index is 5.59. The molecule has 0 radical (unpaired) electrons. The largest absolute Gasteiger partial charge is 0.492 e. The number of ether oxygens (including phenoxy) is 1. The molecule has 0 saturated carbocycles. The highest BCUT2D eigenvalue weighted by atomic mass is 79.9. The van der Waals surface area contributed by atoms with E-state index in [-0.39, 0.29) is 0 Å². The Bertz CT molecular complexity index is 572. The highest BCUT2D eigenvalue weighted by Crippen LogP contribution is 2.27. The first kappa shape index (κ1) is 14.1. The van der Waals surface area contributed by atoms with E-state index in [2.05, 4.69) is 38.0 Å². The molecule has 0 aliphatic carbocycles. The molecule has 0 fully saturated rings. The lowest BCUT2D eigenvalue weighted by molar-refractivity contribution is 0.337. The summed E-state index contributed by atoms with van der Waals surface area (Å²) in [6, 6.07) is 7.68. The number of benzene rings is 1. The molecule has 100 valence electrons. The molecule has 2 rings (SSSR count). The third-order valence-electron chi connectivity index (χ3n) is 2.19. The van der Waals surface area contributed by atoms with Gasteiger partial charge in [-0.3, -0.25) is 0 Å². The molecule has 0 N–H and O–H groups in total. The maximum atomic E-state index is 5.59. The lowest BCUT2D eigenvalue weighted by Gasteiger charge is -2.10. The number of nitrogens with zero attached hydrogens (tertiary/aromatic N) is 4. The Balaban J connectivity index is 2.31. The minimum Gasteiger partial charge on any atom is -0.492 e. The van der Waals surface area contributed by atoms with Crippen LogP contribution in [0.15, 0.2) is 40.5 Å². The molecule has 0 aliphatic heterocycles. The van der Waals surface area contributed by atoms with E-state index in [1.165, 1.54) is 11.8 Å². The highest BCUT2D eigenvalue weighted by Gasteiger charge is 2.13. The van der Waals surface area contributed by atoms with Gasteiger partial charge in [-0.2, -0.15) is 4.68 Å². The summed E-state index contributed by atoms with van der Waals surface area (Å²) in [5.74, 6) is 1.47. The van der Waals surface area contributed by atoms with Gasteiger partial charge < -0.3 is 4.74 Å². The van der Waals surface area contributed by atoms with Gasteiger partial charge in [0.15, 0.2) is 0 Å². The summed E-state index contributed by atoms with van der Waals surface area (Å²) in [7, 11) is 0. The zero-order valence-electron chi connectivity index (χ0n) is 10.4. The van der Waals surface area contributed by atoms with E-state index in [0.717, 1.165) is 15.9 Å². The van der Waals surface area contributed by atoms with Crippen LogP contribution < -0.4 is 4.74 Å². The number of rotatable bonds is 6. The monoisotopic (exact) mass is 340 g/mol. The average Bonchev–Trinajstić information content (AvgIpc) is 2.85. The van der Waals surface area contributed by atoms with Gasteiger partial charge in [-0.1, -0.05) is 46.4 Å². The van der Waals surface area contributed by atoms with Gasteiger partial charge in [0.05, 0.1) is 6.61 Å². The number of para-hydroxylation sites is 2. The van der Waals surface area contributed by atoms with E-state index in [1.807, 2.05) is 31.2 Å². The van der Waals surface area contributed by atoms with Gasteiger partial charge in [0, 0.05) is 5.75 Å². The molecule has 5 nitrogen and oxygen atoms in total. The second-order valence-electron chi connectivity index (χ2n) is 3.58. The van der Waals surface area contributed by atoms with Crippen molar-refractivity contribution in [2.24, 2.45) is 0 Å². The summed E-state index contributed by atoms with van der Waals surface area (Å²) in [5, 5.41) is 12.5. The normalized spacial score (nSPS) is 10.4. The minimum absolute atomic E-state index is 0.597. The molecule has 0 unspecified atom stereocenters. The molecular weight excluding hydrogens is 328 g/mol. The quantitative estimate of drug-likeness (QED) is 0.756. The predicted octanol–water partition coefficient (Wildman–Crippen LogP) is 3.06. The summed E-state index contributed by atoms with van der Waals surface area (Å²) in [6.45, 7) is 6.34. The standard InChI is InChI=1S/C12H13BrN4OS/c1-3-18-11-7-5-4-6-10(11)17-12(14-15-16-17)19-8-9(2)13/h4-7H,2-3,8H2,1H3. The van der Waals surface area contributed by atoms with Crippen molar-refractivity contribution in [2.75, 3.05) is 12.4 Å². The highest BCUT2D eigenvalue weighted by molar-refractivity contribution is 9.11. The van der Waals surface area contributed by atoms with Crippen LogP contribution in [0.25, 0.3) is 5.69 Å². The Labute approximate surface area is 124 Å². The van der Waals surface area contributed by atoms with Gasteiger partial charge in [-0.15, -0.1) is 5.10 Å². The van der Waals surface area contributed by atoms with E-state index in [9.17, 15) is 0 Å². The van der Waals surface area contributed by atoms with Crippen LogP contribution in [0, 0.1) is 0 Å². The third-order valence-corrected chi connectivity index (χ3v) is 3.85. The first-order valence-corrected chi connectivity index (χ1v) is 7.47. The smallest absolute Gasteiger partial charge is 0.214 e. The lowest BCUT2D eigenvalue weighted by atomic mass is 10.3. The molecule has 7 heteroatoms. The molecule has 2 aromatic rings. The van der Waals surface area contributed by atoms with Gasteiger partial charge in [0.25, 0.3) is 0 Å². The van der Waals surface area contributed by atoms with Crippen molar-refractivity contribution in [3.63, 3.8) is 0 Å². The molecule has 0 bridgehead atoms. The molecular formula is C12H13BrN4OS. The maximum Gasteiger partial charge on any atom is 0.214 e. The van der Waals surface area contributed by atoms with Crippen molar-refractivity contribution < 1.29 is 4.74 Å². The summed E-state index contributed by atoms with van der Waals surface area (Å²) in [4.78, 5) is 0. The summed E-state index contributed by atoms with van der Waals surface area (Å²) < 4.78 is 8.15. The van der Waals surface area contributed by atoms with Crippen LogP contribution in [0.2, 0.25) is 0 Å². The van der Waals surface area contributed by atoms with E-state index in [1.54, 1.807) is 4.68 Å². The Morgan fingerprint density at radius 2 is 2.26 bits per heavy atom. The van der Waals surface area contributed by atoms with Crippen molar-refractivity contribution in [3.8, 4) is 11.4 Å². The van der Waals surface area contributed by atoms with Crippen LogP contribution in [0.4, 0.5) is 0 Å². The minimum atomic E-state index is 0.597. The Kier molecular flexibility index (Phi) is 4.98. The van der Waals surface area contributed by atoms with Gasteiger partial charge >= 0.3 is 0 Å². The van der Waals surface area contributed by atoms with Crippen LogP contribution in [0.5, 0.6) is 5.75 Å². The van der Waals surface area contributed by atoms with Crippen LogP contribution >= 0.6 is 27.7 Å². The first-order chi connectivity index (χ1) is 9.22. The second-order valence-corrected chi connectivity index (χ2v) is 5.64. The van der Waals surface area contributed by atoms with Crippen molar-refractivity contribution in [1.29, 1.82) is 0 Å². The van der Waals surface area contributed by atoms with E-state index in [0.29, 0.717) is 17.5 Å². The molecule has 0 aliphatic rings. The van der Waals surface area contributed by atoms with Crippen molar-refractivity contribution >= 4 is 27.7 Å². The molecule has 0 saturated heterocycles. The number of hydrogen-bond donors (Lipinski definition) is 0. The van der Waals surface area contributed by atoms with Crippen LogP contribution in [-0.2, 0) is 0 Å². The molecule has 0 atom stereocenters. The summed E-state index contributed by atoms with van der Waals surface area (Å²) in [5.41, 5.74) is 0.831. The topological polar surface area (TPSA) is 52.8 Å². The van der Waals surface area contributed by atoms with Gasteiger partial charge in [-0.25, -0.2) is 0 Å². The van der Waals surface area contributed by atoms with Crippen LogP contribution in [-0.4, -0.2) is 32.6 Å². The summed E-state index contributed by atoms with van der Waals surface area (Å²) >= 11 is 4.83. The SMILES string of the molecule is C=C(Br)CSc1nnnn1-c1ccccc1OCC. The molecule has 1 aromatic carbocycles. The number of tetrazole rings is 1. The lowest BCUT2D eigenvalue weighted by Crippen LogP contribution is -2.03. The molecule has 1 aromatic heterocycles. The zero-order valence-corrected chi connectivity index (χ0v) is 12.8. The van der Waals surface area contributed by atoms with Crippen molar-refractivity contribution in [1.82, 2.24) is 20.2 Å². The van der Waals surface area contributed by atoms with Gasteiger partial charge in [0.1, 0.15) is 11.4 Å². The van der Waals surface area contributed by atoms with Crippen LogP contribution in [0.1, 0.15) is 6.92 Å². The average molecular weight is 341 g/mol. The Morgan fingerprint density at radius 1 is 1.47 bits per heavy atom. The molecule has 1 heterocycles. The third kappa shape index (κ3) is 3.57. The molecule has 0 spiro atoms. The fourth-order valence-corrected chi connectivity index (χ4v) is 2.45. The van der Waals surface area contributed by atoms with E-state index in [4.69, 9.17) is 4.74 Å². The first-order valence-electron chi connectivity index (χ1n) is 5.69. The van der Waals surface area contributed by atoms with Gasteiger partial charge in [0.2, 0.25) is 5.16 Å². The van der Waals surface area contributed by atoms with E-state index >= 15 is 0 Å². The number of hydrogen-bond acceptors (Lipinski definition) is 5. The fourth-order valence-electron chi connectivity index (χ4n) is 1.47. The van der Waals surface area contributed by atoms with Crippen molar-refractivity contribution in [2.45, 2.75) is 12.1 Å². The predicted molar refractivity (Wildman–Crippen MR) is 79.1 cm³/mol. The van der Waals surface area contributed by atoms with Crippen molar-refractivity contribution in [3.05, 3.63) is 35.3 Å².